The highest BCUT2D eigenvalue weighted by Crippen LogP contribution is 1.83. The zero-order valence-electron chi connectivity index (χ0n) is 6.89. The van der Waals surface area contributed by atoms with E-state index >= 15 is 0 Å². The van der Waals surface area contributed by atoms with Gasteiger partial charge in [0.15, 0.2) is 0 Å². The van der Waals surface area contributed by atoms with Gasteiger partial charge in [0, 0.05) is 12.8 Å². The summed E-state index contributed by atoms with van der Waals surface area (Å²) >= 11 is 0. The van der Waals surface area contributed by atoms with Crippen molar-refractivity contribution < 1.29 is 4.74 Å². The number of ether oxygens (including phenoxy) is 1. The number of hydrogen-bond donors (Lipinski definition) is 0. The van der Waals surface area contributed by atoms with E-state index in [-0.39, 0.29) is 0 Å². The molecule has 0 rings (SSSR count). The standard InChI is InChI=1S/C9H13NO/c1-2-3-4-5-8-11-9-6-7-10/h2,5-6,8-9H2,1H3. The molecule has 0 N–H and O–H groups in total. The van der Waals surface area contributed by atoms with Gasteiger partial charge in [0.05, 0.1) is 25.7 Å². The summed E-state index contributed by atoms with van der Waals surface area (Å²) in [4.78, 5) is 0. The molecule has 0 bridgehead atoms. The van der Waals surface area contributed by atoms with E-state index in [4.69, 9.17) is 10.00 Å². The molecule has 0 unspecified atom stereocenters. The molecule has 0 spiro atoms. The second kappa shape index (κ2) is 9.01. The molecule has 0 fully saturated rings. The maximum absolute atomic E-state index is 8.15. The first-order chi connectivity index (χ1) is 5.41. The zero-order valence-corrected chi connectivity index (χ0v) is 6.89. The third-order valence-electron chi connectivity index (χ3n) is 1.03. The lowest BCUT2D eigenvalue weighted by Gasteiger charge is -1.94. The molecule has 0 aromatic rings. The molecular formula is C9H13NO. The van der Waals surface area contributed by atoms with E-state index in [0.717, 1.165) is 12.8 Å². The Balaban J connectivity index is 2.97. The first-order valence-electron chi connectivity index (χ1n) is 3.82. The predicted molar refractivity (Wildman–Crippen MR) is 43.7 cm³/mol. The van der Waals surface area contributed by atoms with Crippen molar-refractivity contribution in [3.8, 4) is 17.9 Å². The van der Waals surface area contributed by atoms with Crippen LogP contribution in [-0.4, -0.2) is 13.2 Å². The molecule has 0 saturated heterocycles. The van der Waals surface area contributed by atoms with Crippen LogP contribution in [0, 0.1) is 23.2 Å². The van der Waals surface area contributed by atoms with E-state index in [9.17, 15) is 0 Å². The molecule has 0 saturated carbocycles. The van der Waals surface area contributed by atoms with Crippen LogP contribution < -0.4 is 0 Å². The van der Waals surface area contributed by atoms with E-state index in [0.29, 0.717) is 19.6 Å². The summed E-state index contributed by atoms with van der Waals surface area (Å²) < 4.78 is 5.10. The van der Waals surface area contributed by atoms with Crippen LogP contribution in [-0.2, 0) is 4.74 Å². The first-order valence-corrected chi connectivity index (χ1v) is 3.82. The summed E-state index contributed by atoms with van der Waals surface area (Å²) in [6.07, 6.45) is 2.15. The van der Waals surface area contributed by atoms with Crippen LogP contribution in [0.5, 0.6) is 0 Å². The van der Waals surface area contributed by atoms with Gasteiger partial charge in [0.25, 0.3) is 0 Å². The number of rotatable bonds is 4. The highest BCUT2D eigenvalue weighted by Gasteiger charge is 1.83. The lowest BCUT2D eigenvalue weighted by Crippen LogP contribution is -1.94. The van der Waals surface area contributed by atoms with Gasteiger partial charge in [-0.3, -0.25) is 0 Å². The molecule has 0 aliphatic rings. The van der Waals surface area contributed by atoms with Crippen LogP contribution in [0.3, 0.4) is 0 Å². The summed E-state index contributed by atoms with van der Waals surface area (Å²) in [5.74, 6) is 5.90. The van der Waals surface area contributed by atoms with Crippen LogP contribution >= 0.6 is 0 Å². The van der Waals surface area contributed by atoms with Crippen molar-refractivity contribution in [2.45, 2.75) is 26.2 Å². The van der Waals surface area contributed by atoms with Gasteiger partial charge >= 0.3 is 0 Å². The molecule has 0 aromatic heterocycles. The fraction of sp³-hybridized carbons (Fsp3) is 0.667. The molecule has 0 atom stereocenters. The average Bonchev–Trinajstić information content (AvgIpc) is 2.03. The molecule has 2 heteroatoms. The normalized spacial score (nSPS) is 8.00. The van der Waals surface area contributed by atoms with Crippen molar-refractivity contribution in [1.82, 2.24) is 0 Å². The number of hydrogen-bond acceptors (Lipinski definition) is 2. The smallest absolute Gasteiger partial charge is 0.0645 e. The van der Waals surface area contributed by atoms with E-state index in [1.165, 1.54) is 0 Å². The lowest BCUT2D eigenvalue weighted by atomic mass is 10.4. The SMILES string of the molecule is CCC#CCCOCCC#N. The Morgan fingerprint density at radius 1 is 1.18 bits per heavy atom. The molecule has 11 heavy (non-hydrogen) atoms. The topological polar surface area (TPSA) is 33.0 Å². The summed E-state index contributed by atoms with van der Waals surface area (Å²) in [7, 11) is 0. The average molecular weight is 151 g/mol. The molecule has 0 heterocycles. The Labute approximate surface area is 68.2 Å². The van der Waals surface area contributed by atoms with E-state index < -0.39 is 0 Å². The summed E-state index contributed by atoms with van der Waals surface area (Å²) in [5, 5.41) is 8.15. The molecule has 0 amide bonds. The molecule has 0 aliphatic heterocycles. The van der Waals surface area contributed by atoms with E-state index in [1.54, 1.807) is 0 Å². The van der Waals surface area contributed by atoms with Gasteiger partial charge in [0.2, 0.25) is 0 Å². The van der Waals surface area contributed by atoms with Gasteiger partial charge in [0.1, 0.15) is 0 Å². The predicted octanol–water partition coefficient (Wildman–Crippen LogP) is 1.72. The Morgan fingerprint density at radius 3 is 2.55 bits per heavy atom. The minimum Gasteiger partial charge on any atom is -0.379 e. The summed E-state index contributed by atoms with van der Waals surface area (Å²) in [5.41, 5.74) is 0. The van der Waals surface area contributed by atoms with Crippen molar-refractivity contribution in [1.29, 1.82) is 5.26 Å². The molecule has 0 aliphatic carbocycles. The van der Waals surface area contributed by atoms with Crippen molar-refractivity contribution in [3.05, 3.63) is 0 Å². The fourth-order valence-electron chi connectivity index (χ4n) is 0.556. The molecule has 0 radical (unpaired) electrons. The van der Waals surface area contributed by atoms with Crippen LogP contribution in [0.15, 0.2) is 0 Å². The maximum atomic E-state index is 8.15. The largest absolute Gasteiger partial charge is 0.379 e. The second-order valence-corrected chi connectivity index (χ2v) is 1.98. The van der Waals surface area contributed by atoms with Crippen LogP contribution in [0.1, 0.15) is 26.2 Å². The lowest BCUT2D eigenvalue weighted by molar-refractivity contribution is 0.145. The Bertz CT molecular complexity index is 170. The third-order valence-corrected chi connectivity index (χ3v) is 1.03. The van der Waals surface area contributed by atoms with Crippen LogP contribution in [0.4, 0.5) is 0 Å². The van der Waals surface area contributed by atoms with Gasteiger partial charge in [-0.05, 0) is 0 Å². The van der Waals surface area contributed by atoms with Gasteiger partial charge in [-0.1, -0.05) is 6.92 Å². The van der Waals surface area contributed by atoms with Crippen LogP contribution in [0.25, 0.3) is 0 Å². The fourth-order valence-corrected chi connectivity index (χ4v) is 0.556. The van der Waals surface area contributed by atoms with Gasteiger partial charge in [-0.2, -0.15) is 5.26 Å². The minimum atomic E-state index is 0.473. The van der Waals surface area contributed by atoms with Crippen molar-refractivity contribution in [3.63, 3.8) is 0 Å². The second-order valence-electron chi connectivity index (χ2n) is 1.98. The van der Waals surface area contributed by atoms with Gasteiger partial charge in [-0.25, -0.2) is 0 Å². The highest BCUT2D eigenvalue weighted by molar-refractivity contribution is 4.97. The van der Waals surface area contributed by atoms with E-state index in [2.05, 4.69) is 11.8 Å². The van der Waals surface area contributed by atoms with Gasteiger partial charge < -0.3 is 4.74 Å². The molecular weight excluding hydrogens is 138 g/mol. The third kappa shape index (κ3) is 9.01. The Kier molecular flexibility index (Phi) is 8.20. The molecule has 60 valence electrons. The summed E-state index contributed by atoms with van der Waals surface area (Å²) in [6.45, 7) is 3.20. The number of nitriles is 1. The Hall–Kier alpha value is -0.990. The summed E-state index contributed by atoms with van der Waals surface area (Å²) in [6, 6.07) is 2.01. The van der Waals surface area contributed by atoms with Crippen molar-refractivity contribution in [2.75, 3.05) is 13.2 Å². The van der Waals surface area contributed by atoms with Crippen molar-refractivity contribution >= 4 is 0 Å². The Morgan fingerprint density at radius 2 is 1.91 bits per heavy atom. The maximum Gasteiger partial charge on any atom is 0.0645 e. The van der Waals surface area contributed by atoms with Crippen molar-refractivity contribution in [2.24, 2.45) is 0 Å². The van der Waals surface area contributed by atoms with E-state index in [1.807, 2.05) is 13.0 Å². The quantitative estimate of drug-likeness (QED) is 0.452. The highest BCUT2D eigenvalue weighted by atomic mass is 16.5. The minimum absolute atomic E-state index is 0.473. The van der Waals surface area contributed by atoms with Crippen LogP contribution in [0.2, 0.25) is 0 Å². The zero-order chi connectivity index (χ0) is 8.36. The monoisotopic (exact) mass is 151 g/mol. The number of nitrogens with zero attached hydrogens (tertiary/aromatic N) is 1. The van der Waals surface area contributed by atoms with Gasteiger partial charge in [-0.15, -0.1) is 11.8 Å². The first kappa shape index (κ1) is 10.0. The molecule has 0 aromatic carbocycles. The molecule has 2 nitrogen and oxygen atoms in total.